The SMILES string of the molecule is CCNC(=NCCCOCC1CCOC1)NC1CCc2nc(COC)nn2C1. The van der Waals surface area contributed by atoms with Crippen molar-refractivity contribution in [1.29, 1.82) is 0 Å². The van der Waals surface area contributed by atoms with Crippen LogP contribution in [0, 0.1) is 5.92 Å². The number of aryl methyl sites for hydroxylation is 1. The third-order valence-electron chi connectivity index (χ3n) is 4.95. The van der Waals surface area contributed by atoms with E-state index in [1.807, 2.05) is 4.68 Å². The number of hydrogen-bond acceptors (Lipinski definition) is 6. The molecule has 0 aliphatic carbocycles. The van der Waals surface area contributed by atoms with E-state index in [9.17, 15) is 0 Å². The van der Waals surface area contributed by atoms with Gasteiger partial charge in [0.1, 0.15) is 12.4 Å². The molecule has 0 spiro atoms. The number of aromatic nitrogens is 3. The molecule has 3 rings (SSSR count). The zero-order valence-electron chi connectivity index (χ0n) is 17.2. The van der Waals surface area contributed by atoms with Crippen LogP contribution >= 0.6 is 0 Å². The van der Waals surface area contributed by atoms with E-state index in [0.717, 1.165) is 89.4 Å². The molecule has 1 saturated heterocycles. The first-order valence-electron chi connectivity index (χ1n) is 10.4. The Morgan fingerprint density at radius 2 is 2.32 bits per heavy atom. The number of methoxy groups -OCH3 is 1. The molecule has 2 aliphatic heterocycles. The first-order valence-corrected chi connectivity index (χ1v) is 10.4. The van der Waals surface area contributed by atoms with Gasteiger partial charge in [-0.1, -0.05) is 0 Å². The average molecular weight is 395 g/mol. The Hall–Kier alpha value is -1.71. The van der Waals surface area contributed by atoms with Crippen LogP contribution in [0.5, 0.6) is 0 Å². The number of fused-ring (bicyclic) bond motifs is 1. The van der Waals surface area contributed by atoms with Crippen molar-refractivity contribution in [3.63, 3.8) is 0 Å². The molecule has 158 valence electrons. The Morgan fingerprint density at radius 1 is 1.39 bits per heavy atom. The molecule has 28 heavy (non-hydrogen) atoms. The molecule has 0 radical (unpaired) electrons. The van der Waals surface area contributed by atoms with Crippen molar-refractivity contribution in [2.24, 2.45) is 10.9 Å². The topological polar surface area (TPSA) is 94.8 Å². The zero-order chi connectivity index (χ0) is 19.6. The number of nitrogens with one attached hydrogen (secondary N) is 2. The lowest BCUT2D eigenvalue weighted by atomic mass is 10.1. The molecule has 1 aromatic rings. The van der Waals surface area contributed by atoms with Crippen LogP contribution in [-0.2, 0) is 33.8 Å². The molecule has 9 heteroatoms. The van der Waals surface area contributed by atoms with Gasteiger partial charge in [-0.3, -0.25) is 4.99 Å². The predicted octanol–water partition coefficient (Wildman–Crippen LogP) is 0.738. The van der Waals surface area contributed by atoms with Gasteiger partial charge in [0, 0.05) is 51.8 Å². The standard InChI is InChI=1S/C19H34N6O3/c1-3-20-19(21-8-4-9-27-12-15-7-10-28-13-15)22-16-5-6-18-23-17(14-26-2)24-25(18)11-16/h15-16H,3-14H2,1-2H3,(H2,20,21,22). The maximum absolute atomic E-state index is 5.75. The zero-order valence-corrected chi connectivity index (χ0v) is 17.2. The van der Waals surface area contributed by atoms with E-state index in [1.54, 1.807) is 7.11 Å². The fourth-order valence-corrected chi connectivity index (χ4v) is 3.50. The lowest BCUT2D eigenvalue weighted by molar-refractivity contribution is 0.0893. The maximum Gasteiger partial charge on any atom is 0.191 e. The first-order chi connectivity index (χ1) is 13.8. The minimum Gasteiger partial charge on any atom is -0.381 e. The monoisotopic (exact) mass is 394 g/mol. The van der Waals surface area contributed by atoms with Gasteiger partial charge >= 0.3 is 0 Å². The second-order valence-corrected chi connectivity index (χ2v) is 7.36. The van der Waals surface area contributed by atoms with Gasteiger partial charge in [-0.25, -0.2) is 9.67 Å². The fraction of sp³-hybridized carbons (Fsp3) is 0.842. The van der Waals surface area contributed by atoms with Gasteiger partial charge in [-0.05, 0) is 26.2 Å². The highest BCUT2D eigenvalue weighted by Gasteiger charge is 2.22. The lowest BCUT2D eigenvalue weighted by Crippen LogP contribution is -2.47. The summed E-state index contributed by atoms with van der Waals surface area (Å²) in [7, 11) is 1.66. The molecule has 2 aliphatic rings. The summed E-state index contributed by atoms with van der Waals surface area (Å²) in [6.45, 7) is 8.18. The number of guanidine groups is 1. The molecule has 0 saturated carbocycles. The number of aliphatic imine (C=N–C) groups is 1. The van der Waals surface area contributed by atoms with Crippen molar-refractivity contribution in [1.82, 2.24) is 25.4 Å². The third-order valence-corrected chi connectivity index (χ3v) is 4.95. The molecule has 1 aromatic heterocycles. The van der Waals surface area contributed by atoms with Crippen molar-refractivity contribution in [3.8, 4) is 0 Å². The number of hydrogen-bond donors (Lipinski definition) is 2. The average Bonchev–Trinajstić information content (AvgIpc) is 3.34. The van der Waals surface area contributed by atoms with Crippen molar-refractivity contribution in [2.75, 3.05) is 46.6 Å². The Balaban J connectivity index is 1.39. The fourth-order valence-electron chi connectivity index (χ4n) is 3.50. The van der Waals surface area contributed by atoms with Crippen molar-refractivity contribution in [3.05, 3.63) is 11.6 Å². The van der Waals surface area contributed by atoms with Crippen LogP contribution in [0.25, 0.3) is 0 Å². The largest absolute Gasteiger partial charge is 0.381 e. The van der Waals surface area contributed by atoms with Gasteiger partial charge in [0.2, 0.25) is 0 Å². The molecule has 2 N–H and O–H groups in total. The molecule has 0 aromatic carbocycles. The van der Waals surface area contributed by atoms with Crippen LogP contribution < -0.4 is 10.6 Å². The van der Waals surface area contributed by atoms with Crippen LogP contribution in [0.4, 0.5) is 0 Å². The van der Waals surface area contributed by atoms with E-state index in [4.69, 9.17) is 19.2 Å². The summed E-state index contributed by atoms with van der Waals surface area (Å²) in [4.78, 5) is 9.22. The van der Waals surface area contributed by atoms with Gasteiger partial charge in [0.05, 0.1) is 19.8 Å². The van der Waals surface area contributed by atoms with Crippen molar-refractivity contribution < 1.29 is 14.2 Å². The van der Waals surface area contributed by atoms with Gasteiger partial charge in [0.25, 0.3) is 0 Å². The summed E-state index contributed by atoms with van der Waals surface area (Å²) in [5, 5.41) is 11.4. The molecule has 3 heterocycles. The minimum absolute atomic E-state index is 0.293. The van der Waals surface area contributed by atoms with Crippen LogP contribution in [0.2, 0.25) is 0 Å². The van der Waals surface area contributed by atoms with E-state index in [2.05, 4.69) is 27.6 Å². The summed E-state index contributed by atoms with van der Waals surface area (Å²) in [6, 6.07) is 0.293. The summed E-state index contributed by atoms with van der Waals surface area (Å²) in [6.07, 6.45) is 3.96. The number of ether oxygens (including phenoxy) is 3. The van der Waals surface area contributed by atoms with Crippen molar-refractivity contribution in [2.45, 2.75) is 51.8 Å². The Kier molecular flexibility index (Phi) is 8.50. The van der Waals surface area contributed by atoms with Gasteiger partial charge in [-0.2, -0.15) is 5.10 Å². The van der Waals surface area contributed by atoms with Crippen LogP contribution in [0.1, 0.15) is 37.8 Å². The van der Waals surface area contributed by atoms with E-state index in [1.165, 1.54) is 0 Å². The Labute approximate surface area is 167 Å². The maximum atomic E-state index is 5.75. The summed E-state index contributed by atoms with van der Waals surface area (Å²) in [5.74, 6) is 3.22. The predicted molar refractivity (Wildman–Crippen MR) is 106 cm³/mol. The second kappa shape index (κ2) is 11.3. The molecule has 9 nitrogen and oxygen atoms in total. The van der Waals surface area contributed by atoms with Gasteiger partial charge < -0.3 is 24.8 Å². The third kappa shape index (κ3) is 6.42. The molecular formula is C19H34N6O3. The van der Waals surface area contributed by atoms with E-state index in [0.29, 0.717) is 18.6 Å². The molecule has 2 unspecified atom stereocenters. The van der Waals surface area contributed by atoms with Crippen LogP contribution in [-0.4, -0.2) is 73.4 Å². The summed E-state index contributed by atoms with van der Waals surface area (Å²) < 4.78 is 18.2. The lowest BCUT2D eigenvalue weighted by Gasteiger charge is -2.25. The normalized spacial score (nSPS) is 22.3. The van der Waals surface area contributed by atoms with Gasteiger partial charge in [-0.15, -0.1) is 0 Å². The highest BCUT2D eigenvalue weighted by atomic mass is 16.5. The highest BCUT2D eigenvalue weighted by molar-refractivity contribution is 5.80. The molecule has 1 fully saturated rings. The number of nitrogens with zero attached hydrogens (tertiary/aromatic N) is 4. The van der Waals surface area contributed by atoms with Crippen LogP contribution in [0.15, 0.2) is 4.99 Å². The molecule has 0 amide bonds. The quantitative estimate of drug-likeness (QED) is 0.343. The Morgan fingerprint density at radius 3 is 3.11 bits per heavy atom. The van der Waals surface area contributed by atoms with Gasteiger partial charge in [0.15, 0.2) is 11.8 Å². The molecule has 2 atom stereocenters. The minimum atomic E-state index is 0.293. The van der Waals surface area contributed by atoms with Crippen molar-refractivity contribution >= 4 is 5.96 Å². The second-order valence-electron chi connectivity index (χ2n) is 7.36. The summed E-state index contributed by atoms with van der Waals surface area (Å²) >= 11 is 0. The van der Waals surface area contributed by atoms with E-state index >= 15 is 0 Å². The molecule has 0 bridgehead atoms. The first kappa shape index (κ1) is 21.0. The summed E-state index contributed by atoms with van der Waals surface area (Å²) in [5.41, 5.74) is 0. The van der Waals surface area contributed by atoms with E-state index in [-0.39, 0.29) is 0 Å². The van der Waals surface area contributed by atoms with E-state index < -0.39 is 0 Å². The highest BCUT2D eigenvalue weighted by Crippen LogP contribution is 2.14. The molecular weight excluding hydrogens is 360 g/mol. The number of rotatable bonds is 10. The van der Waals surface area contributed by atoms with Crippen LogP contribution in [0.3, 0.4) is 0 Å². The Bertz CT molecular complexity index is 615. The smallest absolute Gasteiger partial charge is 0.191 e.